The lowest BCUT2D eigenvalue weighted by molar-refractivity contribution is 0.0950. The van der Waals surface area contributed by atoms with Crippen molar-refractivity contribution < 1.29 is 17.9 Å². The number of amides is 1. The van der Waals surface area contributed by atoms with Gasteiger partial charge >= 0.3 is 0 Å². The summed E-state index contributed by atoms with van der Waals surface area (Å²) < 4.78 is 32.8. The van der Waals surface area contributed by atoms with Gasteiger partial charge in [0.15, 0.2) is 0 Å². The van der Waals surface area contributed by atoms with Gasteiger partial charge in [0.05, 0.1) is 17.2 Å². The Kier molecular flexibility index (Phi) is 6.97. The number of sulfonamides is 1. The predicted octanol–water partition coefficient (Wildman–Crippen LogP) is 4.15. The van der Waals surface area contributed by atoms with Gasteiger partial charge in [-0.05, 0) is 67.4 Å². The molecule has 162 valence electrons. The highest BCUT2D eigenvalue weighted by Gasteiger charge is 2.22. The summed E-state index contributed by atoms with van der Waals surface area (Å²) in [6.45, 7) is 4.74. The maximum absolute atomic E-state index is 13.1. The molecular formula is C24H26N2O4S. The summed E-state index contributed by atoms with van der Waals surface area (Å²) in [6.07, 6.45) is 0. The van der Waals surface area contributed by atoms with Crippen molar-refractivity contribution in [1.82, 2.24) is 5.32 Å². The Morgan fingerprint density at radius 1 is 1.00 bits per heavy atom. The quantitative estimate of drug-likeness (QED) is 0.573. The van der Waals surface area contributed by atoms with Gasteiger partial charge in [-0.2, -0.15) is 0 Å². The van der Waals surface area contributed by atoms with E-state index >= 15 is 0 Å². The van der Waals surface area contributed by atoms with Crippen LogP contribution in [0.1, 0.15) is 28.4 Å². The Balaban J connectivity index is 1.73. The van der Waals surface area contributed by atoms with Crippen LogP contribution in [0.5, 0.6) is 5.75 Å². The topological polar surface area (TPSA) is 75.7 Å². The summed E-state index contributed by atoms with van der Waals surface area (Å²) in [5.74, 6) is 0.428. The van der Waals surface area contributed by atoms with Crippen LogP contribution >= 0.6 is 0 Å². The number of aryl methyl sites for hydroxylation is 1. The van der Waals surface area contributed by atoms with Crippen molar-refractivity contribution in [3.8, 4) is 5.75 Å². The highest BCUT2D eigenvalue weighted by atomic mass is 32.2. The zero-order chi connectivity index (χ0) is 22.4. The van der Waals surface area contributed by atoms with Crippen molar-refractivity contribution >= 4 is 21.6 Å². The molecule has 6 nitrogen and oxygen atoms in total. The average Bonchev–Trinajstić information content (AvgIpc) is 2.78. The zero-order valence-corrected chi connectivity index (χ0v) is 18.6. The number of nitrogens with zero attached hydrogens (tertiary/aromatic N) is 1. The Labute approximate surface area is 183 Å². The molecule has 1 amide bonds. The summed E-state index contributed by atoms with van der Waals surface area (Å²) in [5.41, 5.74) is 2.72. The van der Waals surface area contributed by atoms with Crippen molar-refractivity contribution in [3.05, 3.63) is 89.5 Å². The molecule has 0 saturated heterocycles. The van der Waals surface area contributed by atoms with Gasteiger partial charge in [-0.1, -0.05) is 30.3 Å². The van der Waals surface area contributed by atoms with Crippen LogP contribution in [-0.2, 0) is 16.6 Å². The molecule has 3 aromatic rings. The van der Waals surface area contributed by atoms with Crippen molar-refractivity contribution in [1.29, 1.82) is 0 Å². The summed E-state index contributed by atoms with van der Waals surface area (Å²) in [4.78, 5) is 12.7. The average molecular weight is 439 g/mol. The van der Waals surface area contributed by atoms with Crippen LogP contribution in [0.15, 0.2) is 77.7 Å². The number of ether oxygens (including phenoxy) is 1. The lowest BCUT2D eigenvalue weighted by Gasteiger charge is -2.20. The van der Waals surface area contributed by atoms with Crippen LogP contribution in [0.4, 0.5) is 5.69 Å². The van der Waals surface area contributed by atoms with Crippen LogP contribution in [0.3, 0.4) is 0 Å². The molecule has 0 spiro atoms. The van der Waals surface area contributed by atoms with E-state index in [-0.39, 0.29) is 16.4 Å². The molecule has 1 N–H and O–H groups in total. The maximum atomic E-state index is 13.1. The third kappa shape index (κ3) is 5.44. The van der Waals surface area contributed by atoms with Gasteiger partial charge in [0.2, 0.25) is 0 Å². The number of carbonyl (C=O) groups excluding carboxylic acids is 1. The van der Waals surface area contributed by atoms with Gasteiger partial charge < -0.3 is 10.1 Å². The minimum atomic E-state index is -3.80. The first-order valence-corrected chi connectivity index (χ1v) is 11.4. The van der Waals surface area contributed by atoms with Crippen LogP contribution < -0.4 is 14.4 Å². The number of hydrogen-bond donors (Lipinski definition) is 1. The van der Waals surface area contributed by atoms with E-state index in [1.807, 2.05) is 50.2 Å². The molecule has 0 radical (unpaired) electrons. The SMILES string of the molecule is CCOc1ccc(CNC(=O)c2cccc(S(=O)(=O)N(C)c3cccc(C)c3)c2)cc1. The van der Waals surface area contributed by atoms with Crippen LogP contribution in [-0.4, -0.2) is 28.0 Å². The van der Waals surface area contributed by atoms with Crippen molar-refractivity contribution in [2.75, 3.05) is 18.0 Å². The fourth-order valence-corrected chi connectivity index (χ4v) is 4.31. The first kappa shape index (κ1) is 22.4. The standard InChI is InChI=1S/C24H26N2O4S/c1-4-30-22-13-11-19(12-14-22)17-25-24(27)20-8-6-10-23(16-20)31(28,29)26(3)21-9-5-7-18(2)15-21/h5-16H,4,17H2,1-3H3,(H,25,27). The second-order valence-corrected chi connectivity index (χ2v) is 9.07. The van der Waals surface area contributed by atoms with Crippen molar-refractivity contribution in [3.63, 3.8) is 0 Å². The van der Waals surface area contributed by atoms with Gasteiger partial charge in [0, 0.05) is 19.2 Å². The van der Waals surface area contributed by atoms with Gasteiger partial charge in [0.25, 0.3) is 15.9 Å². The molecule has 7 heteroatoms. The molecule has 3 aromatic carbocycles. The molecule has 0 heterocycles. The molecular weight excluding hydrogens is 412 g/mol. The smallest absolute Gasteiger partial charge is 0.264 e. The first-order valence-electron chi connectivity index (χ1n) is 9.97. The molecule has 0 fully saturated rings. The minimum absolute atomic E-state index is 0.0604. The monoisotopic (exact) mass is 438 g/mol. The molecule has 0 saturated carbocycles. The second kappa shape index (κ2) is 9.66. The number of rotatable bonds is 8. The van der Waals surface area contributed by atoms with Crippen LogP contribution in [0.25, 0.3) is 0 Å². The molecule has 0 bridgehead atoms. The number of nitrogens with one attached hydrogen (secondary N) is 1. The molecule has 0 atom stereocenters. The first-order chi connectivity index (χ1) is 14.8. The number of hydrogen-bond acceptors (Lipinski definition) is 4. The Hall–Kier alpha value is -3.32. The van der Waals surface area contributed by atoms with E-state index in [1.54, 1.807) is 24.3 Å². The van der Waals surface area contributed by atoms with E-state index in [1.165, 1.54) is 23.5 Å². The molecule has 0 aliphatic heterocycles. The highest BCUT2D eigenvalue weighted by Crippen LogP contribution is 2.23. The largest absolute Gasteiger partial charge is 0.494 e. The van der Waals surface area contributed by atoms with Gasteiger partial charge in [-0.3, -0.25) is 9.10 Å². The number of benzene rings is 3. The summed E-state index contributed by atoms with van der Waals surface area (Å²) in [6, 6.07) is 20.7. The number of carbonyl (C=O) groups is 1. The maximum Gasteiger partial charge on any atom is 0.264 e. The molecule has 0 unspecified atom stereocenters. The Morgan fingerprint density at radius 3 is 2.39 bits per heavy atom. The van der Waals surface area contributed by atoms with Crippen molar-refractivity contribution in [2.24, 2.45) is 0 Å². The molecule has 0 aliphatic rings. The van der Waals surface area contributed by atoms with E-state index in [9.17, 15) is 13.2 Å². The van der Waals surface area contributed by atoms with E-state index in [0.717, 1.165) is 16.9 Å². The summed E-state index contributed by atoms with van der Waals surface area (Å²) in [5, 5.41) is 2.83. The fourth-order valence-electron chi connectivity index (χ4n) is 3.07. The highest BCUT2D eigenvalue weighted by molar-refractivity contribution is 7.92. The third-order valence-electron chi connectivity index (χ3n) is 4.81. The van der Waals surface area contributed by atoms with Crippen LogP contribution in [0, 0.1) is 6.92 Å². The zero-order valence-electron chi connectivity index (χ0n) is 17.8. The Bertz CT molecular complexity index is 1160. The lowest BCUT2D eigenvalue weighted by atomic mass is 10.2. The molecule has 0 aliphatic carbocycles. The van der Waals surface area contributed by atoms with E-state index in [2.05, 4.69) is 5.32 Å². The number of anilines is 1. The predicted molar refractivity (Wildman–Crippen MR) is 122 cm³/mol. The second-order valence-electron chi connectivity index (χ2n) is 7.10. The normalized spacial score (nSPS) is 11.1. The summed E-state index contributed by atoms with van der Waals surface area (Å²) >= 11 is 0. The van der Waals surface area contributed by atoms with Crippen LogP contribution in [0.2, 0.25) is 0 Å². The lowest BCUT2D eigenvalue weighted by Crippen LogP contribution is -2.27. The third-order valence-corrected chi connectivity index (χ3v) is 6.59. The summed E-state index contributed by atoms with van der Waals surface area (Å²) in [7, 11) is -2.30. The Morgan fingerprint density at radius 2 is 1.71 bits per heavy atom. The van der Waals surface area contributed by atoms with Gasteiger partial charge in [0.1, 0.15) is 5.75 Å². The van der Waals surface area contributed by atoms with Gasteiger partial charge in [-0.25, -0.2) is 8.42 Å². The van der Waals surface area contributed by atoms with Crippen molar-refractivity contribution in [2.45, 2.75) is 25.3 Å². The van der Waals surface area contributed by atoms with E-state index in [4.69, 9.17) is 4.74 Å². The molecule has 3 rings (SSSR count). The minimum Gasteiger partial charge on any atom is -0.494 e. The molecule has 31 heavy (non-hydrogen) atoms. The van der Waals surface area contributed by atoms with E-state index in [0.29, 0.717) is 18.8 Å². The fraction of sp³-hybridized carbons (Fsp3) is 0.208. The van der Waals surface area contributed by atoms with Gasteiger partial charge in [-0.15, -0.1) is 0 Å². The van der Waals surface area contributed by atoms with E-state index < -0.39 is 10.0 Å². The molecule has 0 aromatic heterocycles.